The van der Waals surface area contributed by atoms with Crippen molar-refractivity contribution in [2.75, 3.05) is 47.0 Å². The fourth-order valence-corrected chi connectivity index (χ4v) is 3.66. The molecule has 0 N–H and O–H groups in total. The van der Waals surface area contributed by atoms with Crippen molar-refractivity contribution in [2.45, 2.75) is 19.3 Å². The smallest absolute Gasteiger partial charge is 0.253 e. The highest BCUT2D eigenvalue weighted by Gasteiger charge is 2.46. The first-order valence-electron chi connectivity index (χ1n) is 8.81. The number of rotatable bonds is 5. The Hall–Kier alpha value is -2.08. The van der Waals surface area contributed by atoms with Gasteiger partial charge in [0.1, 0.15) is 5.75 Å². The van der Waals surface area contributed by atoms with Crippen molar-refractivity contribution >= 4 is 11.8 Å². The average molecular weight is 346 g/mol. The number of amides is 2. The fourth-order valence-electron chi connectivity index (χ4n) is 3.66. The lowest BCUT2D eigenvalue weighted by Gasteiger charge is -2.45. The van der Waals surface area contributed by atoms with Gasteiger partial charge in [-0.3, -0.25) is 9.59 Å². The zero-order valence-electron chi connectivity index (χ0n) is 15.0. The number of nitrogens with zero attached hydrogens (tertiary/aromatic N) is 2. The van der Waals surface area contributed by atoms with Crippen LogP contribution in [0.2, 0.25) is 0 Å². The lowest BCUT2D eigenvalue weighted by atomic mass is 9.68. The van der Waals surface area contributed by atoms with Crippen LogP contribution >= 0.6 is 0 Å². The lowest BCUT2D eigenvalue weighted by Crippen LogP contribution is -2.57. The van der Waals surface area contributed by atoms with Gasteiger partial charge in [-0.2, -0.15) is 0 Å². The maximum atomic E-state index is 12.8. The monoisotopic (exact) mass is 346 g/mol. The number of hydrogen-bond acceptors (Lipinski definition) is 4. The van der Waals surface area contributed by atoms with E-state index in [4.69, 9.17) is 9.47 Å². The molecule has 25 heavy (non-hydrogen) atoms. The molecule has 0 unspecified atom stereocenters. The van der Waals surface area contributed by atoms with Crippen LogP contribution in [0.15, 0.2) is 24.3 Å². The highest BCUT2D eigenvalue weighted by Crippen LogP contribution is 2.42. The number of ether oxygens (including phenoxy) is 2. The Morgan fingerprint density at radius 2 is 1.60 bits per heavy atom. The number of piperazine rings is 1. The van der Waals surface area contributed by atoms with E-state index in [0.717, 1.165) is 25.0 Å². The normalized spacial score (nSPS) is 19.3. The standard InChI is InChI=1S/C19H26N2O4/c1-24-14-19(8-3-9-19)18(23)21-12-10-20(11-13-21)17(22)15-4-6-16(25-2)7-5-15/h4-7H,3,8-14H2,1-2H3. The van der Waals surface area contributed by atoms with E-state index in [1.165, 1.54) is 0 Å². The second-order valence-electron chi connectivity index (χ2n) is 6.88. The van der Waals surface area contributed by atoms with E-state index in [0.29, 0.717) is 38.3 Å². The van der Waals surface area contributed by atoms with Gasteiger partial charge in [-0.15, -0.1) is 0 Å². The molecule has 1 saturated carbocycles. The quantitative estimate of drug-likeness (QED) is 0.816. The Kier molecular flexibility index (Phi) is 5.27. The highest BCUT2D eigenvalue weighted by molar-refractivity contribution is 5.94. The first kappa shape index (κ1) is 17.7. The lowest BCUT2D eigenvalue weighted by molar-refractivity contribution is -0.153. The number of methoxy groups -OCH3 is 2. The van der Waals surface area contributed by atoms with E-state index in [9.17, 15) is 9.59 Å². The van der Waals surface area contributed by atoms with Gasteiger partial charge in [0.15, 0.2) is 0 Å². The highest BCUT2D eigenvalue weighted by atomic mass is 16.5. The third-order valence-corrected chi connectivity index (χ3v) is 5.38. The van der Waals surface area contributed by atoms with Crippen LogP contribution in [-0.4, -0.2) is 68.6 Å². The maximum absolute atomic E-state index is 12.8. The number of hydrogen-bond donors (Lipinski definition) is 0. The zero-order valence-corrected chi connectivity index (χ0v) is 15.0. The summed E-state index contributed by atoms with van der Waals surface area (Å²) in [4.78, 5) is 29.2. The Bertz CT molecular complexity index is 617. The second kappa shape index (κ2) is 7.44. The molecule has 2 amide bonds. The van der Waals surface area contributed by atoms with Gasteiger partial charge < -0.3 is 19.3 Å². The van der Waals surface area contributed by atoms with E-state index in [1.807, 2.05) is 9.80 Å². The summed E-state index contributed by atoms with van der Waals surface area (Å²) in [6, 6.07) is 7.14. The van der Waals surface area contributed by atoms with Crippen molar-refractivity contribution in [3.8, 4) is 5.75 Å². The summed E-state index contributed by atoms with van der Waals surface area (Å²) in [5.41, 5.74) is 0.326. The summed E-state index contributed by atoms with van der Waals surface area (Å²) in [5, 5.41) is 0. The number of carbonyl (C=O) groups excluding carboxylic acids is 2. The second-order valence-corrected chi connectivity index (χ2v) is 6.88. The van der Waals surface area contributed by atoms with Crippen LogP contribution < -0.4 is 4.74 Å². The Morgan fingerprint density at radius 1 is 1.00 bits per heavy atom. The number of carbonyl (C=O) groups is 2. The predicted octanol–water partition coefficient (Wildman–Crippen LogP) is 1.80. The molecule has 1 aliphatic heterocycles. The molecule has 1 aliphatic carbocycles. The molecule has 2 fully saturated rings. The minimum absolute atomic E-state index is 0.00463. The molecule has 3 rings (SSSR count). The van der Waals surface area contributed by atoms with Crippen molar-refractivity contribution in [3.63, 3.8) is 0 Å². The van der Waals surface area contributed by atoms with E-state index in [2.05, 4.69) is 0 Å². The molecule has 0 bridgehead atoms. The van der Waals surface area contributed by atoms with Crippen molar-refractivity contribution in [1.82, 2.24) is 9.80 Å². The molecule has 1 aromatic carbocycles. The van der Waals surface area contributed by atoms with Crippen LogP contribution in [-0.2, 0) is 9.53 Å². The van der Waals surface area contributed by atoms with Gasteiger partial charge in [-0.25, -0.2) is 0 Å². The van der Waals surface area contributed by atoms with Crippen LogP contribution in [0.25, 0.3) is 0 Å². The Morgan fingerprint density at radius 3 is 2.08 bits per heavy atom. The first-order valence-corrected chi connectivity index (χ1v) is 8.81. The molecule has 6 heteroatoms. The van der Waals surface area contributed by atoms with Gasteiger partial charge >= 0.3 is 0 Å². The molecule has 0 aromatic heterocycles. The van der Waals surface area contributed by atoms with Crippen molar-refractivity contribution < 1.29 is 19.1 Å². The number of benzene rings is 1. The molecule has 136 valence electrons. The molecular weight excluding hydrogens is 320 g/mol. The van der Waals surface area contributed by atoms with Gasteiger partial charge in [-0.05, 0) is 37.1 Å². The third kappa shape index (κ3) is 3.49. The third-order valence-electron chi connectivity index (χ3n) is 5.38. The van der Waals surface area contributed by atoms with Gasteiger partial charge in [0, 0.05) is 38.9 Å². The van der Waals surface area contributed by atoms with E-state index >= 15 is 0 Å². The van der Waals surface area contributed by atoms with E-state index in [1.54, 1.807) is 38.5 Å². The summed E-state index contributed by atoms with van der Waals surface area (Å²) >= 11 is 0. The van der Waals surface area contributed by atoms with Gasteiger partial charge in [0.05, 0.1) is 19.1 Å². The average Bonchev–Trinajstić information content (AvgIpc) is 2.64. The van der Waals surface area contributed by atoms with E-state index < -0.39 is 0 Å². The van der Waals surface area contributed by atoms with Crippen LogP contribution in [0.5, 0.6) is 5.75 Å². The summed E-state index contributed by atoms with van der Waals surface area (Å²) in [6.07, 6.45) is 2.90. The molecule has 1 heterocycles. The molecule has 0 radical (unpaired) electrons. The predicted molar refractivity (Wildman–Crippen MR) is 93.6 cm³/mol. The van der Waals surface area contributed by atoms with Gasteiger partial charge in [0.2, 0.25) is 5.91 Å². The molecule has 0 atom stereocenters. The SMILES string of the molecule is COCC1(C(=O)N2CCN(C(=O)c3ccc(OC)cc3)CC2)CCC1. The molecule has 0 spiro atoms. The largest absolute Gasteiger partial charge is 0.497 e. The first-order chi connectivity index (χ1) is 12.1. The summed E-state index contributed by atoms with van der Waals surface area (Å²) in [5.74, 6) is 0.929. The fraction of sp³-hybridized carbons (Fsp3) is 0.579. The van der Waals surface area contributed by atoms with Crippen LogP contribution in [0, 0.1) is 5.41 Å². The van der Waals surface area contributed by atoms with Crippen molar-refractivity contribution in [2.24, 2.45) is 5.41 Å². The minimum atomic E-state index is -0.323. The summed E-state index contributed by atoms with van der Waals surface area (Å²) < 4.78 is 10.4. The van der Waals surface area contributed by atoms with Gasteiger partial charge in [-0.1, -0.05) is 6.42 Å². The minimum Gasteiger partial charge on any atom is -0.497 e. The summed E-state index contributed by atoms with van der Waals surface area (Å²) in [6.45, 7) is 2.81. The van der Waals surface area contributed by atoms with Crippen LogP contribution in [0.3, 0.4) is 0 Å². The maximum Gasteiger partial charge on any atom is 0.253 e. The molecule has 1 aromatic rings. The summed E-state index contributed by atoms with van der Waals surface area (Å²) in [7, 11) is 3.25. The van der Waals surface area contributed by atoms with Crippen molar-refractivity contribution in [3.05, 3.63) is 29.8 Å². The van der Waals surface area contributed by atoms with Crippen molar-refractivity contribution in [1.29, 1.82) is 0 Å². The van der Waals surface area contributed by atoms with E-state index in [-0.39, 0.29) is 17.2 Å². The molecule has 1 saturated heterocycles. The topological polar surface area (TPSA) is 59.1 Å². The van der Waals surface area contributed by atoms with Crippen LogP contribution in [0.1, 0.15) is 29.6 Å². The molecule has 6 nitrogen and oxygen atoms in total. The Balaban J connectivity index is 1.57. The molecular formula is C19H26N2O4. The zero-order chi connectivity index (χ0) is 17.9. The van der Waals surface area contributed by atoms with Crippen LogP contribution in [0.4, 0.5) is 0 Å². The molecule has 2 aliphatic rings. The van der Waals surface area contributed by atoms with Gasteiger partial charge in [0.25, 0.3) is 5.91 Å². The Labute approximate surface area is 148 Å².